The van der Waals surface area contributed by atoms with Crippen molar-refractivity contribution in [1.82, 2.24) is 19.7 Å². The quantitative estimate of drug-likeness (QED) is 0.490. The molecule has 1 aliphatic rings. The van der Waals surface area contributed by atoms with E-state index in [0.29, 0.717) is 0 Å². The van der Waals surface area contributed by atoms with Gasteiger partial charge in [-0.25, -0.2) is 4.79 Å². The van der Waals surface area contributed by atoms with Crippen LogP contribution < -0.4 is 16.6 Å². The SMILES string of the molecule is COCC(O)Cn1c(=O)cnn(-c2ccc(Cl)c(C(=O)NC(O)C3CCCC3)c2)c1=O. The summed E-state index contributed by atoms with van der Waals surface area (Å²) in [6.07, 6.45) is 2.60. The van der Waals surface area contributed by atoms with Crippen molar-refractivity contribution >= 4 is 17.5 Å². The molecule has 2 unspecified atom stereocenters. The predicted molar refractivity (Wildman–Crippen MR) is 112 cm³/mol. The Labute approximate surface area is 183 Å². The number of carbonyl (C=O) groups is 1. The van der Waals surface area contributed by atoms with Crippen LogP contribution >= 0.6 is 11.6 Å². The fourth-order valence-electron chi connectivity index (χ4n) is 3.66. The van der Waals surface area contributed by atoms with Gasteiger partial charge >= 0.3 is 5.69 Å². The van der Waals surface area contributed by atoms with Crippen LogP contribution in [0.25, 0.3) is 5.69 Å². The maximum atomic E-state index is 12.8. The Hall–Kier alpha value is -2.53. The number of rotatable bonds is 8. The van der Waals surface area contributed by atoms with Crippen LogP contribution in [0.1, 0.15) is 36.0 Å². The number of aliphatic hydroxyl groups is 2. The Balaban J connectivity index is 1.89. The highest BCUT2D eigenvalue weighted by molar-refractivity contribution is 6.33. The Morgan fingerprint density at radius 3 is 2.71 bits per heavy atom. The number of aliphatic hydroxyl groups excluding tert-OH is 2. The molecule has 0 saturated heterocycles. The smallest absolute Gasteiger partial charge is 0.352 e. The molecule has 1 saturated carbocycles. The molecule has 10 nitrogen and oxygen atoms in total. The number of aromatic nitrogens is 3. The third-order valence-electron chi connectivity index (χ3n) is 5.28. The van der Waals surface area contributed by atoms with Crippen LogP contribution in [0, 0.1) is 5.92 Å². The first-order valence-electron chi connectivity index (χ1n) is 9.97. The molecule has 2 aromatic rings. The van der Waals surface area contributed by atoms with E-state index in [1.807, 2.05) is 0 Å². The lowest BCUT2D eigenvalue weighted by molar-refractivity contribution is 0.0519. The summed E-state index contributed by atoms with van der Waals surface area (Å²) in [6.45, 7) is -0.328. The summed E-state index contributed by atoms with van der Waals surface area (Å²) >= 11 is 6.17. The van der Waals surface area contributed by atoms with Crippen molar-refractivity contribution in [2.24, 2.45) is 5.92 Å². The van der Waals surface area contributed by atoms with Gasteiger partial charge in [0.15, 0.2) is 0 Å². The zero-order chi connectivity index (χ0) is 22.5. The van der Waals surface area contributed by atoms with E-state index in [1.54, 1.807) is 0 Å². The van der Waals surface area contributed by atoms with Gasteiger partial charge < -0.3 is 20.3 Å². The number of benzene rings is 1. The van der Waals surface area contributed by atoms with Gasteiger partial charge in [0.2, 0.25) is 0 Å². The van der Waals surface area contributed by atoms with Crippen LogP contribution in [0.5, 0.6) is 0 Å². The van der Waals surface area contributed by atoms with Gasteiger partial charge in [-0.3, -0.25) is 14.2 Å². The highest BCUT2D eigenvalue weighted by atomic mass is 35.5. The molecule has 3 N–H and O–H groups in total. The minimum atomic E-state index is -1.06. The van der Waals surface area contributed by atoms with Crippen LogP contribution in [-0.2, 0) is 11.3 Å². The fraction of sp³-hybridized carbons (Fsp3) is 0.500. The van der Waals surface area contributed by atoms with Crippen molar-refractivity contribution < 1.29 is 19.7 Å². The van der Waals surface area contributed by atoms with Gasteiger partial charge in [0.1, 0.15) is 12.4 Å². The zero-order valence-corrected chi connectivity index (χ0v) is 17.8. The molecule has 1 aliphatic carbocycles. The lowest BCUT2D eigenvalue weighted by Gasteiger charge is -2.19. The average Bonchev–Trinajstić information content (AvgIpc) is 3.27. The molecule has 0 aliphatic heterocycles. The molecule has 168 valence electrons. The first-order valence-corrected chi connectivity index (χ1v) is 10.3. The summed E-state index contributed by atoms with van der Waals surface area (Å²) in [5.74, 6) is -0.583. The van der Waals surface area contributed by atoms with Gasteiger partial charge in [-0.2, -0.15) is 9.78 Å². The molecule has 2 atom stereocenters. The van der Waals surface area contributed by atoms with E-state index in [0.717, 1.165) is 41.1 Å². The summed E-state index contributed by atoms with van der Waals surface area (Å²) in [5.41, 5.74) is -1.21. The number of carbonyl (C=O) groups excluding carboxylic acids is 1. The average molecular weight is 453 g/mol. The van der Waals surface area contributed by atoms with Gasteiger partial charge in [0, 0.05) is 13.0 Å². The van der Waals surface area contributed by atoms with E-state index in [4.69, 9.17) is 16.3 Å². The summed E-state index contributed by atoms with van der Waals surface area (Å²) in [6, 6.07) is 4.26. The number of amides is 1. The Kier molecular flexibility index (Phi) is 7.60. The predicted octanol–water partition coefficient (Wildman–Crippen LogP) is 0.293. The minimum absolute atomic E-state index is 0.00252. The second-order valence-electron chi connectivity index (χ2n) is 7.52. The topological polar surface area (TPSA) is 136 Å². The van der Waals surface area contributed by atoms with Crippen LogP contribution in [-0.4, -0.2) is 56.5 Å². The first-order chi connectivity index (χ1) is 14.8. The molecule has 1 amide bonds. The molecule has 1 aromatic carbocycles. The van der Waals surface area contributed by atoms with E-state index >= 15 is 0 Å². The zero-order valence-electron chi connectivity index (χ0n) is 17.0. The molecule has 0 bridgehead atoms. The minimum Gasteiger partial charge on any atom is -0.389 e. The molecule has 1 fully saturated rings. The fourth-order valence-corrected chi connectivity index (χ4v) is 3.86. The molecular weight excluding hydrogens is 428 g/mol. The number of nitrogens with zero attached hydrogens (tertiary/aromatic N) is 3. The highest BCUT2D eigenvalue weighted by Crippen LogP contribution is 2.27. The maximum absolute atomic E-state index is 12.8. The number of hydrogen-bond acceptors (Lipinski definition) is 7. The monoisotopic (exact) mass is 452 g/mol. The second kappa shape index (κ2) is 10.2. The van der Waals surface area contributed by atoms with Crippen LogP contribution in [0.2, 0.25) is 5.02 Å². The Bertz CT molecular complexity index is 1050. The van der Waals surface area contributed by atoms with Crippen LogP contribution in [0.4, 0.5) is 0 Å². The van der Waals surface area contributed by atoms with E-state index < -0.39 is 29.5 Å². The standard InChI is InChI=1S/C20H25ClN4O6/c1-31-11-14(26)10-24-17(27)9-22-25(20(24)30)13-6-7-16(21)15(8-13)19(29)23-18(28)12-4-2-3-5-12/h6-9,12,14,18,26,28H,2-5,10-11H2,1H3,(H,23,29). The van der Waals surface area contributed by atoms with Gasteiger partial charge in [-0.05, 0) is 31.0 Å². The second-order valence-corrected chi connectivity index (χ2v) is 7.93. The first kappa shape index (κ1) is 23.1. The number of halogens is 1. The number of ether oxygens (including phenoxy) is 1. The van der Waals surface area contributed by atoms with E-state index in [9.17, 15) is 24.6 Å². The van der Waals surface area contributed by atoms with E-state index in [2.05, 4.69) is 10.4 Å². The molecular formula is C20H25ClN4O6. The maximum Gasteiger partial charge on any atom is 0.352 e. The number of methoxy groups -OCH3 is 1. The number of hydrogen-bond donors (Lipinski definition) is 3. The highest BCUT2D eigenvalue weighted by Gasteiger charge is 2.25. The third-order valence-corrected chi connectivity index (χ3v) is 5.61. The molecule has 0 spiro atoms. The van der Waals surface area contributed by atoms with Crippen molar-refractivity contribution in [3.8, 4) is 5.69 Å². The van der Waals surface area contributed by atoms with Gasteiger partial charge in [-0.1, -0.05) is 24.4 Å². The molecule has 3 rings (SSSR count). The summed E-state index contributed by atoms with van der Waals surface area (Å²) in [5, 5.41) is 26.7. The molecule has 31 heavy (non-hydrogen) atoms. The van der Waals surface area contributed by atoms with Crippen molar-refractivity contribution in [2.45, 2.75) is 44.6 Å². The van der Waals surface area contributed by atoms with Gasteiger partial charge in [0.05, 0.1) is 35.5 Å². The van der Waals surface area contributed by atoms with Crippen LogP contribution in [0.3, 0.4) is 0 Å². The van der Waals surface area contributed by atoms with Crippen molar-refractivity contribution in [2.75, 3.05) is 13.7 Å². The molecule has 11 heteroatoms. The Morgan fingerprint density at radius 2 is 2.03 bits per heavy atom. The molecule has 0 radical (unpaired) electrons. The summed E-state index contributed by atoms with van der Waals surface area (Å²) < 4.78 is 6.58. The molecule has 1 heterocycles. The lowest BCUT2D eigenvalue weighted by Crippen LogP contribution is -2.43. The normalized spacial score (nSPS) is 16.3. The van der Waals surface area contributed by atoms with E-state index in [1.165, 1.54) is 25.3 Å². The van der Waals surface area contributed by atoms with E-state index in [-0.39, 0.29) is 35.3 Å². The molecule has 1 aromatic heterocycles. The largest absolute Gasteiger partial charge is 0.389 e. The van der Waals surface area contributed by atoms with Gasteiger partial charge in [-0.15, -0.1) is 0 Å². The Morgan fingerprint density at radius 1 is 1.32 bits per heavy atom. The number of nitrogens with one attached hydrogen (secondary N) is 1. The summed E-state index contributed by atoms with van der Waals surface area (Å²) in [7, 11) is 1.39. The summed E-state index contributed by atoms with van der Waals surface area (Å²) in [4.78, 5) is 37.5. The third kappa shape index (κ3) is 5.40. The lowest BCUT2D eigenvalue weighted by atomic mass is 10.1. The van der Waals surface area contributed by atoms with Crippen molar-refractivity contribution in [3.63, 3.8) is 0 Å². The van der Waals surface area contributed by atoms with Crippen molar-refractivity contribution in [3.05, 3.63) is 55.8 Å². The van der Waals surface area contributed by atoms with Gasteiger partial charge in [0.25, 0.3) is 11.5 Å². The van der Waals surface area contributed by atoms with Crippen LogP contribution in [0.15, 0.2) is 34.0 Å². The van der Waals surface area contributed by atoms with Crippen molar-refractivity contribution in [1.29, 1.82) is 0 Å².